The summed E-state index contributed by atoms with van der Waals surface area (Å²) < 4.78 is 0. The molecular formula is C11H15NO. The highest BCUT2D eigenvalue weighted by Crippen LogP contribution is 2.28. The van der Waals surface area contributed by atoms with Gasteiger partial charge < -0.3 is 5.21 Å². The van der Waals surface area contributed by atoms with Crippen LogP contribution in [0.4, 0.5) is 0 Å². The topological polar surface area (TPSA) is 32.3 Å². The van der Waals surface area contributed by atoms with Gasteiger partial charge in [0.15, 0.2) is 0 Å². The van der Waals surface area contributed by atoms with Crippen molar-refractivity contribution in [3.05, 3.63) is 34.4 Å². The Morgan fingerprint density at radius 2 is 2.08 bits per heavy atom. The van der Waals surface area contributed by atoms with Crippen molar-refractivity contribution in [1.82, 2.24) is 5.48 Å². The Morgan fingerprint density at radius 3 is 2.85 bits per heavy atom. The van der Waals surface area contributed by atoms with E-state index in [0.29, 0.717) is 6.54 Å². The first-order valence-corrected chi connectivity index (χ1v) is 4.80. The molecule has 2 rings (SSSR count). The third-order valence-electron chi connectivity index (χ3n) is 2.89. The summed E-state index contributed by atoms with van der Waals surface area (Å²) in [5, 5.41) is 8.67. The Bertz CT molecular complexity index is 320. The Morgan fingerprint density at radius 1 is 1.31 bits per heavy atom. The van der Waals surface area contributed by atoms with Crippen molar-refractivity contribution in [1.29, 1.82) is 0 Å². The lowest BCUT2D eigenvalue weighted by molar-refractivity contribution is 0.161. The fourth-order valence-electron chi connectivity index (χ4n) is 2.21. The molecule has 1 aromatic rings. The predicted molar refractivity (Wildman–Crippen MR) is 51.8 cm³/mol. The highest BCUT2D eigenvalue weighted by molar-refractivity contribution is 5.43. The smallest absolute Gasteiger partial charge is 0.0460 e. The minimum absolute atomic E-state index is 0.572. The van der Waals surface area contributed by atoms with Gasteiger partial charge in [-0.3, -0.25) is 0 Å². The van der Waals surface area contributed by atoms with E-state index in [0.717, 1.165) is 0 Å². The summed E-state index contributed by atoms with van der Waals surface area (Å²) in [4.78, 5) is 0. The third-order valence-corrected chi connectivity index (χ3v) is 2.89. The molecule has 0 bridgehead atoms. The number of hydrogen-bond acceptors (Lipinski definition) is 2. The lowest BCUT2D eigenvalue weighted by atomic mass is 9.99. The molecular weight excluding hydrogens is 162 g/mol. The van der Waals surface area contributed by atoms with E-state index in [4.69, 9.17) is 5.21 Å². The standard InChI is InChI=1S/C11H15NO/c1-8-5-6-9(7-12-13)11-4-2-3-10(8)11/h5-6,12-13H,2-4,7H2,1H3. The molecule has 0 aromatic heterocycles. The van der Waals surface area contributed by atoms with E-state index in [9.17, 15) is 0 Å². The number of hydroxylamine groups is 1. The van der Waals surface area contributed by atoms with Gasteiger partial charge in [0.05, 0.1) is 0 Å². The maximum Gasteiger partial charge on any atom is 0.0460 e. The van der Waals surface area contributed by atoms with E-state index in [1.165, 1.54) is 41.5 Å². The average molecular weight is 177 g/mol. The SMILES string of the molecule is Cc1ccc(CNO)c2c1CCC2. The van der Waals surface area contributed by atoms with Crippen molar-refractivity contribution in [3.8, 4) is 0 Å². The molecule has 0 amide bonds. The second-order valence-corrected chi connectivity index (χ2v) is 3.69. The van der Waals surface area contributed by atoms with Crippen molar-refractivity contribution >= 4 is 0 Å². The number of rotatable bonds is 2. The van der Waals surface area contributed by atoms with E-state index in [1.807, 2.05) is 0 Å². The Labute approximate surface area is 78.5 Å². The van der Waals surface area contributed by atoms with Gasteiger partial charge in [-0.25, -0.2) is 5.48 Å². The molecule has 0 atom stereocenters. The molecule has 0 heterocycles. The molecule has 0 saturated heterocycles. The molecule has 0 fully saturated rings. The van der Waals surface area contributed by atoms with Gasteiger partial charge in [0.25, 0.3) is 0 Å². The maximum absolute atomic E-state index is 8.67. The lowest BCUT2D eigenvalue weighted by Gasteiger charge is -2.09. The van der Waals surface area contributed by atoms with Gasteiger partial charge in [0, 0.05) is 6.54 Å². The molecule has 2 nitrogen and oxygen atoms in total. The first-order valence-electron chi connectivity index (χ1n) is 4.80. The largest absolute Gasteiger partial charge is 0.316 e. The van der Waals surface area contributed by atoms with Gasteiger partial charge in [-0.1, -0.05) is 12.1 Å². The highest BCUT2D eigenvalue weighted by atomic mass is 16.5. The molecule has 1 aliphatic carbocycles. The zero-order valence-corrected chi connectivity index (χ0v) is 7.93. The van der Waals surface area contributed by atoms with Crippen LogP contribution in [-0.4, -0.2) is 5.21 Å². The molecule has 0 radical (unpaired) electrons. The van der Waals surface area contributed by atoms with Gasteiger partial charge in [-0.15, -0.1) is 0 Å². The number of benzene rings is 1. The van der Waals surface area contributed by atoms with Crippen LogP contribution in [0.2, 0.25) is 0 Å². The van der Waals surface area contributed by atoms with E-state index in [1.54, 1.807) is 0 Å². The summed E-state index contributed by atoms with van der Waals surface area (Å²) in [6.07, 6.45) is 3.65. The fraction of sp³-hybridized carbons (Fsp3) is 0.455. The summed E-state index contributed by atoms with van der Waals surface area (Å²) in [5.74, 6) is 0. The summed E-state index contributed by atoms with van der Waals surface area (Å²) in [6, 6.07) is 4.26. The second kappa shape index (κ2) is 3.48. The highest BCUT2D eigenvalue weighted by Gasteiger charge is 2.15. The van der Waals surface area contributed by atoms with E-state index < -0.39 is 0 Å². The molecule has 1 aromatic carbocycles. The summed E-state index contributed by atoms with van der Waals surface area (Å²) >= 11 is 0. The lowest BCUT2D eigenvalue weighted by Crippen LogP contribution is -2.08. The first-order chi connectivity index (χ1) is 6.33. The number of aryl methyl sites for hydroxylation is 1. The fourth-order valence-corrected chi connectivity index (χ4v) is 2.21. The van der Waals surface area contributed by atoms with Crippen LogP contribution in [0.5, 0.6) is 0 Å². The van der Waals surface area contributed by atoms with Gasteiger partial charge in [-0.05, 0) is 48.4 Å². The van der Waals surface area contributed by atoms with Crippen LogP contribution in [0.1, 0.15) is 28.7 Å². The Balaban J connectivity index is 2.43. The van der Waals surface area contributed by atoms with E-state index >= 15 is 0 Å². The van der Waals surface area contributed by atoms with Gasteiger partial charge in [0.2, 0.25) is 0 Å². The zero-order valence-electron chi connectivity index (χ0n) is 7.93. The van der Waals surface area contributed by atoms with Crippen LogP contribution < -0.4 is 5.48 Å². The van der Waals surface area contributed by atoms with Crippen molar-refractivity contribution in [2.45, 2.75) is 32.7 Å². The summed E-state index contributed by atoms with van der Waals surface area (Å²) in [7, 11) is 0. The van der Waals surface area contributed by atoms with Crippen LogP contribution in [-0.2, 0) is 19.4 Å². The Hall–Kier alpha value is -0.860. The normalized spacial score (nSPS) is 14.6. The molecule has 1 aliphatic rings. The zero-order chi connectivity index (χ0) is 9.26. The maximum atomic E-state index is 8.67. The molecule has 0 aliphatic heterocycles. The van der Waals surface area contributed by atoms with E-state index in [2.05, 4.69) is 24.5 Å². The molecule has 0 saturated carbocycles. The molecule has 0 spiro atoms. The predicted octanol–water partition coefficient (Wildman–Crippen LogP) is 1.96. The minimum atomic E-state index is 0.572. The molecule has 0 unspecified atom stereocenters. The molecule has 13 heavy (non-hydrogen) atoms. The quantitative estimate of drug-likeness (QED) is 0.677. The van der Waals surface area contributed by atoms with Gasteiger partial charge in [-0.2, -0.15) is 0 Å². The van der Waals surface area contributed by atoms with Crippen LogP contribution in [0.15, 0.2) is 12.1 Å². The van der Waals surface area contributed by atoms with Crippen LogP contribution >= 0.6 is 0 Å². The van der Waals surface area contributed by atoms with Crippen molar-refractivity contribution < 1.29 is 5.21 Å². The summed E-state index contributed by atoms with van der Waals surface area (Å²) in [6.45, 7) is 2.74. The third kappa shape index (κ3) is 1.47. The summed E-state index contributed by atoms with van der Waals surface area (Å²) in [5.41, 5.74) is 7.85. The monoisotopic (exact) mass is 177 g/mol. The molecule has 2 N–H and O–H groups in total. The Kier molecular flexibility index (Phi) is 2.34. The van der Waals surface area contributed by atoms with Gasteiger partial charge in [0.1, 0.15) is 0 Å². The number of fused-ring (bicyclic) bond motifs is 1. The molecule has 70 valence electrons. The van der Waals surface area contributed by atoms with Crippen LogP contribution in [0, 0.1) is 6.92 Å². The van der Waals surface area contributed by atoms with Gasteiger partial charge >= 0.3 is 0 Å². The number of hydrogen-bond donors (Lipinski definition) is 2. The minimum Gasteiger partial charge on any atom is -0.316 e. The van der Waals surface area contributed by atoms with Crippen LogP contribution in [0.25, 0.3) is 0 Å². The van der Waals surface area contributed by atoms with Crippen molar-refractivity contribution in [2.24, 2.45) is 0 Å². The second-order valence-electron chi connectivity index (χ2n) is 3.69. The average Bonchev–Trinajstić information content (AvgIpc) is 2.59. The van der Waals surface area contributed by atoms with Crippen LogP contribution in [0.3, 0.4) is 0 Å². The van der Waals surface area contributed by atoms with Crippen molar-refractivity contribution in [2.75, 3.05) is 0 Å². The first kappa shape index (κ1) is 8.73. The van der Waals surface area contributed by atoms with E-state index in [-0.39, 0.29) is 0 Å². The molecule has 2 heteroatoms. The number of nitrogens with one attached hydrogen (secondary N) is 1. The van der Waals surface area contributed by atoms with Crippen molar-refractivity contribution in [3.63, 3.8) is 0 Å².